The first-order valence-electron chi connectivity index (χ1n) is 10.1. The molecule has 0 unspecified atom stereocenters. The molecular formula is C24H31NO6. The largest absolute Gasteiger partial charge is 0.507 e. The van der Waals surface area contributed by atoms with Crippen LogP contribution in [0.25, 0.3) is 5.57 Å². The van der Waals surface area contributed by atoms with E-state index in [2.05, 4.69) is 5.32 Å². The van der Waals surface area contributed by atoms with Crippen molar-refractivity contribution < 1.29 is 28.8 Å². The minimum atomic E-state index is -0.0276. The first-order valence-corrected chi connectivity index (χ1v) is 10.1. The topological polar surface area (TPSA) is 86.3 Å². The Kier molecular flexibility index (Phi) is 9.87. The molecule has 1 fully saturated rings. The number of phenolic OH excluding ortho intramolecular Hbond substituents is 1. The highest BCUT2D eigenvalue weighted by molar-refractivity contribution is 6.09. The van der Waals surface area contributed by atoms with E-state index in [0.29, 0.717) is 40.9 Å². The molecule has 0 aromatic heterocycles. The number of methoxy groups -OCH3 is 3. The van der Waals surface area contributed by atoms with Crippen molar-refractivity contribution in [2.75, 3.05) is 47.6 Å². The van der Waals surface area contributed by atoms with Crippen molar-refractivity contribution in [3.05, 3.63) is 53.1 Å². The molecule has 2 aromatic carbocycles. The van der Waals surface area contributed by atoms with Crippen molar-refractivity contribution in [3.63, 3.8) is 0 Å². The Labute approximate surface area is 183 Å². The van der Waals surface area contributed by atoms with E-state index < -0.39 is 0 Å². The zero-order valence-electron chi connectivity index (χ0n) is 18.6. The molecule has 7 heteroatoms. The maximum absolute atomic E-state index is 11.6. The van der Waals surface area contributed by atoms with E-state index >= 15 is 0 Å². The van der Waals surface area contributed by atoms with Crippen LogP contribution in [0, 0.1) is 6.92 Å². The number of benzene rings is 2. The third kappa shape index (κ3) is 6.73. The van der Waals surface area contributed by atoms with Crippen molar-refractivity contribution in [3.8, 4) is 23.0 Å². The molecule has 1 heterocycles. The molecule has 3 rings (SSSR count). The van der Waals surface area contributed by atoms with Gasteiger partial charge < -0.3 is 29.4 Å². The first kappa shape index (κ1) is 24.2. The number of ether oxygens (including phenoxy) is 4. The Balaban J connectivity index is 0.000000488. The average Bonchev–Trinajstić information content (AvgIpc) is 2.83. The maximum Gasteiger partial charge on any atom is 0.150 e. The van der Waals surface area contributed by atoms with Crippen molar-refractivity contribution in [1.82, 2.24) is 5.32 Å². The van der Waals surface area contributed by atoms with Gasteiger partial charge in [0.1, 0.15) is 23.0 Å². The highest BCUT2D eigenvalue weighted by Crippen LogP contribution is 2.41. The van der Waals surface area contributed by atoms with Gasteiger partial charge in [-0.05, 0) is 31.0 Å². The standard InChI is InChI=1S/C20H22O5.C4H9NO/c1-13-17(24-3)11-18(25-4)19(20(13)22)15(12-21)9-8-14-6-5-7-16(10-14)23-2;1-3-6-4-2-5-1/h5-7,9-12,22H,8H2,1-4H3;5H,1-4H2/b15-9-;. The molecule has 1 aliphatic rings. The van der Waals surface area contributed by atoms with Gasteiger partial charge in [0.2, 0.25) is 0 Å². The first-order chi connectivity index (χ1) is 15.0. The summed E-state index contributed by atoms with van der Waals surface area (Å²) in [6, 6.07) is 9.24. The summed E-state index contributed by atoms with van der Waals surface area (Å²) in [4.78, 5) is 11.6. The molecular weight excluding hydrogens is 398 g/mol. The van der Waals surface area contributed by atoms with Crippen LogP contribution < -0.4 is 19.5 Å². The number of aromatic hydroxyl groups is 1. The van der Waals surface area contributed by atoms with E-state index in [-0.39, 0.29) is 5.75 Å². The molecule has 2 N–H and O–H groups in total. The zero-order chi connectivity index (χ0) is 22.6. The molecule has 0 saturated carbocycles. The van der Waals surface area contributed by atoms with Crippen molar-refractivity contribution >= 4 is 11.9 Å². The van der Waals surface area contributed by atoms with Crippen LogP contribution in [0.3, 0.4) is 0 Å². The summed E-state index contributed by atoms with van der Waals surface area (Å²) in [5.41, 5.74) is 2.25. The lowest BCUT2D eigenvalue weighted by atomic mass is 9.98. The number of carbonyl (C=O) groups excluding carboxylic acids is 1. The number of morpholine rings is 1. The molecule has 2 aromatic rings. The fourth-order valence-corrected chi connectivity index (χ4v) is 3.12. The van der Waals surface area contributed by atoms with Gasteiger partial charge in [-0.25, -0.2) is 0 Å². The number of hydrogen-bond acceptors (Lipinski definition) is 7. The van der Waals surface area contributed by atoms with Gasteiger partial charge in [-0.3, -0.25) is 4.79 Å². The monoisotopic (exact) mass is 429 g/mol. The molecule has 1 saturated heterocycles. The summed E-state index contributed by atoms with van der Waals surface area (Å²) in [6.07, 6.45) is 2.98. The molecule has 0 spiro atoms. The van der Waals surface area contributed by atoms with Gasteiger partial charge in [0.15, 0.2) is 6.29 Å². The maximum atomic E-state index is 11.6. The Bertz CT molecular complexity index is 878. The van der Waals surface area contributed by atoms with Crippen LogP contribution in [-0.4, -0.2) is 59.0 Å². The van der Waals surface area contributed by atoms with Gasteiger partial charge in [0.25, 0.3) is 0 Å². The summed E-state index contributed by atoms with van der Waals surface area (Å²) in [7, 11) is 4.60. The molecule has 0 amide bonds. The SMILES string of the molecule is C1COCCN1.COc1cccc(C/C=C(/C=O)c2c(OC)cc(OC)c(C)c2O)c1. The number of nitrogens with one attached hydrogen (secondary N) is 1. The highest BCUT2D eigenvalue weighted by Gasteiger charge is 2.19. The molecule has 0 atom stereocenters. The van der Waals surface area contributed by atoms with E-state index in [1.54, 1.807) is 26.2 Å². The van der Waals surface area contributed by atoms with E-state index in [9.17, 15) is 9.90 Å². The molecule has 0 bridgehead atoms. The third-order valence-corrected chi connectivity index (χ3v) is 4.86. The smallest absolute Gasteiger partial charge is 0.150 e. The summed E-state index contributed by atoms with van der Waals surface area (Å²) in [5, 5.41) is 13.7. The van der Waals surface area contributed by atoms with Crippen LogP contribution in [0.5, 0.6) is 23.0 Å². The van der Waals surface area contributed by atoms with Gasteiger partial charge in [-0.1, -0.05) is 18.2 Å². The molecule has 0 aliphatic carbocycles. The second-order valence-corrected chi connectivity index (χ2v) is 6.83. The van der Waals surface area contributed by atoms with Gasteiger partial charge in [0, 0.05) is 30.3 Å². The minimum Gasteiger partial charge on any atom is -0.507 e. The minimum absolute atomic E-state index is 0.0276. The molecule has 7 nitrogen and oxygen atoms in total. The molecule has 168 valence electrons. The molecule has 31 heavy (non-hydrogen) atoms. The van der Waals surface area contributed by atoms with Crippen molar-refractivity contribution in [1.29, 1.82) is 0 Å². The lowest BCUT2D eigenvalue weighted by Gasteiger charge is -2.15. The van der Waals surface area contributed by atoms with E-state index in [1.807, 2.05) is 24.3 Å². The number of hydrogen-bond donors (Lipinski definition) is 2. The molecule has 0 radical (unpaired) electrons. The van der Waals surface area contributed by atoms with Crippen molar-refractivity contribution in [2.45, 2.75) is 13.3 Å². The summed E-state index contributed by atoms with van der Waals surface area (Å²) < 4.78 is 20.8. The fraction of sp³-hybridized carbons (Fsp3) is 0.375. The predicted octanol–water partition coefficient (Wildman–Crippen LogP) is 3.16. The van der Waals surface area contributed by atoms with Crippen LogP contribution in [0.4, 0.5) is 0 Å². The van der Waals surface area contributed by atoms with Gasteiger partial charge in [0.05, 0.1) is 40.1 Å². The van der Waals surface area contributed by atoms with Crippen LogP contribution >= 0.6 is 0 Å². The summed E-state index contributed by atoms with van der Waals surface area (Å²) in [5.74, 6) is 1.60. The fourth-order valence-electron chi connectivity index (χ4n) is 3.12. The van der Waals surface area contributed by atoms with E-state index in [1.165, 1.54) is 14.2 Å². The van der Waals surface area contributed by atoms with Crippen LogP contribution in [-0.2, 0) is 16.0 Å². The number of phenols is 1. The number of allylic oxidation sites excluding steroid dienone is 2. The van der Waals surface area contributed by atoms with E-state index in [4.69, 9.17) is 18.9 Å². The van der Waals surface area contributed by atoms with Gasteiger partial charge in [-0.2, -0.15) is 0 Å². The number of aldehydes is 1. The Morgan fingerprint density at radius 2 is 1.81 bits per heavy atom. The van der Waals surface area contributed by atoms with Crippen molar-refractivity contribution in [2.24, 2.45) is 0 Å². The zero-order valence-corrected chi connectivity index (χ0v) is 18.6. The average molecular weight is 430 g/mol. The Hall–Kier alpha value is -3.03. The predicted molar refractivity (Wildman–Crippen MR) is 120 cm³/mol. The Morgan fingerprint density at radius 3 is 2.32 bits per heavy atom. The lowest BCUT2D eigenvalue weighted by Crippen LogP contribution is -2.30. The normalized spacial score (nSPS) is 13.6. The van der Waals surface area contributed by atoms with Gasteiger partial charge in [-0.15, -0.1) is 0 Å². The van der Waals surface area contributed by atoms with E-state index in [0.717, 1.165) is 37.6 Å². The van der Waals surface area contributed by atoms with Gasteiger partial charge >= 0.3 is 0 Å². The molecule has 1 aliphatic heterocycles. The second kappa shape index (κ2) is 12.6. The second-order valence-electron chi connectivity index (χ2n) is 6.83. The number of rotatable bonds is 7. The van der Waals surface area contributed by atoms with Crippen LogP contribution in [0.2, 0.25) is 0 Å². The Morgan fingerprint density at radius 1 is 1.10 bits per heavy atom. The highest BCUT2D eigenvalue weighted by atomic mass is 16.5. The summed E-state index contributed by atoms with van der Waals surface area (Å²) in [6.45, 7) is 5.56. The summed E-state index contributed by atoms with van der Waals surface area (Å²) >= 11 is 0. The number of carbonyl (C=O) groups is 1. The lowest BCUT2D eigenvalue weighted by molar-refractivity contribution is -0.103. The third-order valence-electron chi connectivity index (χ3n) is 4.86. The quantitative estimate of drug-likeness (QED) is 0.516. The van der Waals surface area contributed by atoms with Crippen LogP contribution in [0.15, 0.2) is 36.4 Å². The van der Waals surface area contributed by atoms with Crippen LogP contribution in [0.1, 0.15) is 16.7 Å².